The Morgan fingerprint density at radius 1 is 1.04 bits per heavy atom. The van der Waals surface area contributed by atoms with E-state index in [9.17, 15) is 9.59 Å². The second kappa shape index (κ2) is 8.08. The van der Waals surface area contributed by atoms with Gasteiger partial charge in [-0.1, -0.05) is 42.5 Å². The van der Waals surface area contributed by atoms with Crippen molar-refractivity contribution in [3.63, 3.8) is 0 Å². The molecule has 0 saturated carbocycles. The quantitative estimate of drug-likeness (QED) is 0.681. The van der Waals surface area contributed by atoms with Gasteiger partial charge in [-0.05, 0) is 41.4 Å². The highest BCUT2D eigenvalue weighted by Crippen LogP contribution is 2.22. The fourth-order valence-corrected chi connectivity index (χ4v) is 2.39. The molecule has 0 amide bonds. The molecule has 3 N–H and O–H groups in total. The molecule has 2 aromatic carbocycles. The Kier molecular flexibility index (Phi) is 5.87. The van der Waals surface area contributed by atoms with Crippen LogP contribution in [-0.2, 0) is 16.1 Å². The number of benzene rings is 2. The highest BCUT2D eigenvalue weighted by molar-refractivity contribution is 5.96. The number of carboxylic acid groups (broad SMARTS) is 2. The molecule has 24 heavy (non-hydrogen) atoms. The molecule has 0 fully saturated rings. The van der Waals surface area contributed by atoms with Crippen LogP contribution >= 0.6 is 0 Å². The molecule has 2 rings (SSSR count). The van der Waals surface area contributed by atoms with E-state index in [1.165, 1.54) is 11.6 Å². The summed E-state index contributed by atoms with van der Waals surface area (Å²) in [5.41, 5.74) is 3.77. The Balaban J connectivity index is 2.25. The summed E-state index contributed by atoms with van der Waals surface area (Å²) in [4.78, 5) is 21.8. The first-order chi connectivity index (χ1) is 11.5. The van der Waals surface area contributed by atoms with Gasteiger partial charge in [0.15, 0.2) is 0 Å². The third kappa shape index (κ3) is 4.79. The maximum absolute atomic E-state index is 11.1. The summed E-state index contributed by atoms with van der Waals surface area (Å²) in [6, 6.07) is 15.5. The molecule has 0 radical (unpaired) electrons. The molecule has 0 bridgehead atoms. The van der Waals surface area contributed by atoms with Gasteiger partial charge in [-0.25, -0.2) is 4.79 Å². The minimum Gasteiger partial charge on any atom is -0.481 e. The molecule has 0 aliphatic carbocycles. The monoisotopic (exact) mass is 325 g/mol. The number of hydrogen-bond acceptors (Lipinski definition) is 3. The Labute approximate surface area is 140 Å². The second-order valence-electron chi connectivity index (χ2n) is 5.40. The first-order valence-corrected chi connectivity index (χ1v) is 7.49. The molecular weight excluding hydrogens is 306 g/mol. The van der Waals surface area contributed by atoms with Crippen LogP contribution in [0.15, 0.2) is 54.1 Å². The minimum atomic E-state index is -1.22. The normalized spacial score (nSPS) is 11.3. The van der Waals surface area contributed by atoms with E-state index in [4.69, 9.17) is 10.2 Å². The molecule has 0 unspecified atom stereocenters. The van der Waals surface area contributed by atoms with Crippen LogP contribution < -0.4 is 5.32 Å². The maximum Gasteiger partial charge on any atom is 0.332 e. The average Bonchev–Trinajstić information content (AvgIpc) is 2.55. The van der Waals surface area contributed by atoms with Gasteiger partial charge in [0.1, 0.15) is 0 Å². The van der Waals surface area contributed by atoms with Gasteiger partial charge >= 0.3 is 11.9 Å². The lowest BCUT2D eigenvalue weighted by molar-refractivity contribution is -0.139. The number of rotatable bonds is 7. The fourth-order valence-electron chi connectivity index (χ4n) is 2.39. The van der Waals surface area contributed by atoms with E-state index in [-0.39, 0.29) is 5.57 Å². The van der Waals surface area contributed by atoms with Crippen molar-refractivity contribution in [3.05, 3.63) is 65.2 Å². The topological polar surface area (TPSA) is 86.6 Å². The lowest BCUT2D eigenvalue weighted by Gasteiger charge is -2.06. The number of hydrogen-bond donors (Lipinski definition) is 3. The van der Waals surface area contributed by atoms with Crippen molar-refractivity contribution in [2.75, 3.05) is 7.05 Å². The molecule has 2 aromatic rings. The van der Waals surface area contributed by atoms with Gasteiger partial charge in [0.2, 0.25) is 0 Å². The molecule has 0 aliphatic rings. The Morgan fingerprint density at radius 3 is 2.33 bits per heavy atom. The highest BCUT2D eigenvalue weighted by Gasteiger charge is 2.11. The van der Waals surface area contributed by atoms with Crippen LogP contribution in [0, 0.1) is 0 Å². The molecule has 0 aromatic heterocycles. The first-order valence-electron chi connectivity index (χ1n) is 7.49. The average molecular weight is 325 g/mol. The summed E-state index contributed by atoms with van der Waals surface area (Å²) in [7, 11) is 1.89. The van der Waals surface area contributed by atoms with Crippen LogP contribution in [0.3, 0.4) is 0 Å². The van der Waals surface area contributed by atoms with E-state index in [1.807, 2.05) is 37.4 Å². The van der Waals surface area contributed by atoms with Gasteiger partial charge in [-0.15, -0.1) is 0 Å². The van der Waals surface area contributed by atoms with Crippen LogP contribution in [0.5, 0.6) is 0 Å². The van der Waals surface area contributed by atoms with E-state index in [2.05, 4.69) is 11.4 Å². The summed E-state index contributed by atoms with van der Waals surface area (Å²) >= 11 is 0. The summed E-state index contributed by atoms with van der Waals surface area (Å²) in [5, 5.41) is 20.9. The Hall–Kier alpha value is -2.92. The van der Waals surface area contributed by atoms with Crippen LogP contribution in [0.2, 0.25) is 0 Å². The Bertz CT molecular complexity index is 763. The standard InChI is InChI=1S/C19H19NO4/c1-20-12-14-3-2-4-16(10-14)15-7-5-13(6-8-15)9-17(19(23)24)11-18(21)22/h2-10,20H,11-12H2,1H3,(H,21,22)(H,23,24)/b17-9+. The zero-order valence-electron chi connectivity index (χ0n) is 13.3. The van der Waals surface area contributed by atoms with E-state index < -0.39 is 18.4 Å². The highest BCUT2D eigenvalue weighted by atomic mass is 16.4. The zero-order chi connectivity index (χ0) is 17.5. The summed E-state index contributed by atoms with van der Waals surface area (Å²) in [5.74, 6) is -2.39. The largest absolute Gasteiger partial charge is 0.481 e. The molecule has 5 nitrogen and oxygen atoms in total. The van der Waals surface area contributed by atoms with E-state index in [0.29, 0.717) is 5.56 Å². The van der Waals surface area contributed by atoms with Gasteiger partial charge in [0, 0.05) is 12.1 Å². The molecule has 5 heteroatoms. The third-order valence-electron chi connectivity index (χ3n) is 3.51. The van der Waals surface area contributed by atoms with E-state index in [1.54, 1.807) is 12.1 Å². The predicted molar refractivity (Wildman–Crippen MR) is 92.5 cm³/mol. The second-order valence-corrected chi connectivity index (χ2v) is 5.40. The van der Waals surface area contributed by atoms with Gasteiger partial charge in [-0.2, -0.15) is 0 Å². The van der Waals surface area contributed by atoms with E-state index >= 15 is 0 Å². The number of carbonyl (C=O) groups is 2. The van der Waals surface area contributed by atoms with Crippen LogP contribution in [0.1, 0.15) is 17.5 Å². The Morgan fingerprint density at radius 2 is 1.75 bits per heavy atom. The van der Waals surface area contributed by atoms with Gasteiger partial charge in [0.25, 0.3) is 0 Å². The lowest BCUT2D eigenvalue weighted by atomic mass is 10.0. The van der Waals surface area contributed by atoms with Crippen molar-refractivity contribution in [2.24, 2.45) is 0 Å². The fraction of sp³-hybridized carbons (Fsp3) is 0.158. The minimum absolute atomic E-state index is 0.147. The summed E-state index contributed by atoms with van der Waals surface area (Å²) in [6.45, 7) is 0.784. The predicted octanol–water partition coefficient (Wildman–Crippen LogP) is 3.02. The number of aliphatic carboxylic acids is 2. The first kappa shape index (κ1) is 17.4. The molecule has 124 valence electrons. The van der Waals surface area contributed by atoms with Crippen molar-refractivity contribution < 1.29 is 19.8 Å². The molecule has 0 saturated heterocycles. The van der Waals surface area contributed by atoms with Crippen LogP contribution in [-0.4, -0.2) is 29.2 Å². The van der Waals surface area contributed by atoms with Crippen molar-refractivity contribution in [3.8, 4) is 11.1 Å². The lowest BCUT2D eigenvalue weighted by Crippen LogP contribution is -2.06. The van der Waals surface area contributed by atoms with Gasteiger partial charge in [0.05, 0.1) is 6.42 Å². The molecular formula is C19H19NO4. The number of nitrogens with one attached hydrogen (secondary N) is 1. The maximum atomic E-state index is 11.1. The van der Waals surface area contributed by atoms with Gasteiger partial charge < -0.3 is 15.5 Å². The van der Waals surface area contributed by atoms with Crippen molar-refractivity contribution in [1.82, 2.24) is 5.32 Å². The van der Waals surface area contributed by atoms with Crippen molar-refractivity contribution in [1.29, 1.82) is 0 Å². The molecule has 0 aliphatic heterocycles. The molecule has 0 atom stereocenters. The summed E-state index contributed by atoms with van der Waals surface area (Å²) < 4.78 is 0. The van der Waals surface area contributed by atoms with E-state index in [0.717, 1.165) is 17.7 Å². The smallest absolute Gasteiger partial charge is 0.332 e. The SMILES string of the molecule is CNCc1cccc(-c2ccc(/C=C(\CC(=O)O)C(=O)O)cc2)c1. The van der Waals surface area contributed by atoms with Crippen molar-refractivity contribution >= 4 is 18.0 Å². The van der Waals surface area contributed by atoms with Gasteiger partial charge in [-0.3, -0.25) is 4.79 Å². The van der Waals surface area contributed by atoms with Crippen molar-refractivity contribution in [2.45, 2.75) is 13.0 Å². The number of carboxylic acids is 2. The zero-order valence-corrected chi connectivity index (χ0v) is 13.3. The summed E-state index contributed by atoms with van der Waals surface area (Å²) in [6.07, 6.45) is 0.876. The van der Waals surface area contributed by atoms with Crippen LogP contribution in [0.25, 0.3) is 17.2 Å². The molecule has 0 heterocycles. The van der Waals surface area contributed by atoms with Crippen LogP contribution in [0.4, 0.5) is 0 Å². The third-order valence-corrected chi connectivity index (χ3v) is 3.51. The molecule has 0 spiro atoms.